The van der Waals surface area contributed by atoms with Gasteiger partial charge in [0.1, 0.15) is 0 Å². The van der Waals surface area contributed by atoms with Crippen molar-refractivity contribution in [3.63, 3.8) is 0 Å². The van der Waals surface area contributed by atoms with Crippen molar-refractivity contribution in [2.45, 2.75) is 6.92 Å². The van der Waals surface area contributed by atoms with Gasteiger partial charge in [0, 0.05) is 11.9 Å². The Morgan fingerprint density at radius 1 is 1.24 bits per heavy atom. The van der Waals surface area contributed by atoms with Crippen LogP contribution in [0.4, 0.5) is 5.69 Å². The van der Waals surface area contributed by atoms with Gasteiger partial charge in [0.15, 0.2) is 0 Å². The van der Waals surface area contributed by atoms with E-state index in [4.69, 9.17) is 11.6 Å². The SMILES string of the molecule is Cc1ccc(C(=O)N(C)CC(=O)Nc2ccccc2Cl)s1. The van der Waals surface area contributed by atoms with Crippen LogP contribution in [0.5, 0.6) is 0 Å². The molecule has 0 spiro atoms. The summed E-state index contributed by atoms with van der Waals surface area (Å²) < 4.78 is 0. The Bertz CT molecular complexity index is 669. The van der Waals surface area contributed by atoms with E-state index in [2.05, 4.69) is 5.32 Å². The zero-order chi connectivity index (χ0) is 15.4. The highest BCUT2D eigenvalue weighted by atomic mass is 35.5. The van der Waals surface area contributed by atoms with Crippen molar-refractivity contribution in [3.05, 3.63) is 51.2 Å². The van der Waals surface area contributed by atoms with Gasteiger partial charge in [0.2, 0.25) is 5.91 Å². The van der Waals surface area contributed by atoms with Gasteiger partial charge in [0.05, 0.1) is 22.1 Å². The Kier molecular flexibility index (Phi) is 4.98. The Morgan fingerprint density at radius 2 is 1.95 bits per heavy atom. The Morgan fingerprint density at radius 3 is 2.57 bits per heavy atom. The summed E-state index contributed by atoms with van der Waals surface area (Å²) in [6.07, 6.45) is 0. The lowest BCUT2D eigenvalue weighted by Gasteiger charge is -2.16. The first-order chi connectivity index (χ1) is 9.97. The number of para-hydroxylation sites is 1. The van der Waals surface area contributed by atoms with Crippen LogP contribution in [-0.4, -0.2) is 30.3 Å². The highest BCUT2D eigenvalue weighted by Gasteiger charge is 2.16. The quantitative estimate of drug-likeness (QED) is 0.937. The van der Waals surface area contributed by atoms with Gasteiger partial charge in [-0.25, -0.2) is 0 Å². The third-order valence-corrected chi connectivity index (χ3v) is 4.14. The molecule has 4 nitrogen and oxygen atoms in total. The smallest absolute Gasteiger partial charge is 0.264 e. The van der Waals surface area contributed by atoms with Crippen molar-refractivity contribution in [1.29, 1.82) is 0 Å². The number of anilines is 1. The predicted molar refractivity (Wildman–Crippen MR) is 86.1 cm³/mol. The largest absolute Gasteiger partial charge is 0.332 e. The molecule has 21 heavy (non-hydrogen) atoms. The molecule has 0 fully saturated rings. The molecule has 2 rings (SSSR count). The minimum absolute atomic E-state index is 0.0268. The highest BCUT2D eigenvalue weighted by molar-refractivity contribution is 7.13. The van der Waals surface area contributed by atoms with Crippen molar-refractivity contribution in [2.24, 2.45) is 0 Å². The molecule has 0 aliphatic carbocycles. The summed E-state index contributed by atoms with van der Waals surface area (Å²) in [6, 6.07) is 10.6. The number of carbonyl (C=O) groups excluding carboxylic acids is 2. The van der Waals surface area contributed by atoms with Crippen LogP contribution < -0.4 is 5.32 Å². The number of halogens is 1. The number of rotatable bonds is 4. The molecule has 0 saturated heterocycles. The number of likely N-dealkylation sites (N-methyl/N-ethyl adjacent to an activating group) is 1. The van der Waals surface area contributed by atoms with E-state index in [1.165, 1.54) is 16.2 Å². The van der Waals surface area contributed by atoms with Crippen LogP contribution in [0.15, 0.2) is 36.4 Å². The molecule has 2 aromatic rings. The summed E-state index contributed by atoms with van der Waals surface area (Å²) >= 11 is 7.39. The Labute approximate surface area is 132 Å². The van der Waals surface area contributed by atoms with Gasteiger partial charge >= 0.3 is 0 Å². The maximum Gasteiger partial charge on any atom is 0.264 e. The van der Waals surface area contributed by atoms with Crippen LogP contribution >= 0.6 is 22.9 Å². The molecule has 0 unspecified atom stereocenters. The maximum atomic E-state index is 12.1. The van der Waals surface area contributed by atoms with E-state index >= 15 is 0 Å². The van der Waals surface area contributed by atoms with E-state index in [-0.39, 0.29) is 18.4 Å². The second kappa shape index (κ2) is 6.74. The molecule has 1 aromatic carbocycles. The number of amides is 2. The number of aryl methyl sites for hydroxylation is 1. The van der Waals surface area contributed by atoms with Crippen LogP contribution in [0, 0.1) is 6.92 Å². The summed E-state index contributed by atoms with van der Waals surface area (Å²) in [5.74, 6) is -0.449. The fraction of sp³-hybridized carbons (Fsp3) is 0.200. The van der Waals surface area contributed by atoms with Crippen LogP contribution in [0.25, 0.3) is 0 Å². The van der Waals surface area contributed by atoms with Gasteiger partial charge in [-0.05, 0) is 31.2 Å². The summed E-state index contributed by atoms with van der Waals surface area (Å²) in [7, 11) is 1.60. The van der Waals surface area contributed by atoms with Crippen LogP contribution in [0.3, 0.4) is 0 Å². The normalized spacial score (nSPS) is 10.2. The molecule has 1 heterocycles. The van der Waals surface area contributed by atoms with Crippen LogP contribution in [-0.2, 0) is 4.79 Å². The minimum Gasteiger partial charge on any atom is -0.332 e. The predicted octanol–water partition coefficient (Wildman–Crippen LogP) is 3.42. The number of nitrogens with one attached hydrogen (secondary N) is 1. The number of hydrogen-bond acceptors (Lipinski definition) is 3. The van der Waals surface area contributed by atoms with Crippen LogP contribution in [0.1, 0.15) is 14.5 Å². The maximum absolute atomic E-state index is 12.1. The summed E-state index contributed by atoms with van der Waals surface area (Å²) in [5, 5.41) is 3.16. The van der Waals surface area contributed by atoms with Crippen molar-refractivity contribution in [2.75, 3.05) is 18.9 Å². The van der Waals surface area contributed by atoms with Crippen molar-refractivity contribution >= 4 is 40.4 Å². The minimum atomic E-state index is -0.285. The summed E-state index contributed by atoms with van der Waals surface area (Å²) in [5.41, 5.74) is 0.539. The molecular formula is C15H15ClN2O2S. The van der Waals surface area contributed by atoms with Crippen molar-refractivity contribution < 1.29 is 9.59 Å². The number of nitrogens with zero attached hydrogens (tertiary/aromatic N) is 1. The highest BCUT2D eigenvalue weighted by Crippen LogP contribution is 2.20. The van der Waals surface area contributed by atoms with E-state index in [0.29, 0.717) is 15.6 Å². The second-order valence-electron chi connectivity index (χ2n) is 4.60. The lowest BCUT2D eigenvalue weighted by atomic mass is 10.3. The van der Waals surface area contributed by atoms with E-state index < -0.39 is 0 Å². The van der Waals surface area contributed by atoms with Gasteiger partial charge < -0.3 is 10.2 Å². The van der Waals surface area contributed by atoms with Gasteiger partial charge in [-0.1, -0.05) is 23.7 Å². The topological polar surface area (TPSA) is 49.4 Å². The first kappa shape index (κ1) is 15.5. The van der Waals surface area contributed by atoms with Gasteiger partial charge in [-0.15, -0.1) is 11.3 Å². The van der Waals surface area contributed by atoms with Crippen molar-refractivity contribution in [1.82, 2.24) is 4.90 Å². The molecule has 0 bridgehead atoms. The number of carbonyl (C=O) groups is 2. The number of benzene rings is 1. The first-order valence-electron chi connectivity index (χ1n) is 6.33. The molecule has 1 aromatic heterocycles. The van der Waals surface area contributed by atoms with E-state index in [9.17, 15) is 9.59 Å². The molecule has 2 amide bonds. The molecule has 0 atom stereocenters. The summed E-state index contributed by atoms with van der Waals surface area (Å²) in [6.45, 7) is 1.91. The fourth-order valence-corrected chi connectivity index (χ4v) is 2.82. The van der Waals surface area contributed by atoms with Gasteiger partial charge in [0.25, 0.3) is 5.91 Å². The van der Waals surface area contributed by atoms with E-state index in [1.807, 2.05) is 13.0 Å². The molecular weight excluding hydrogens is 308 g/mol. The molecule has 110 valence electrons. The average Bonchev–Trinajstić information content (AvgIpc) is 2.87. The lowest BCUT2D eigenvalue weighted by molar-refractivity contribution is -0.116. The Balaban J connectivity index is 1.96. The van der Waals surface area contributed by atoms with E-state index in [0.717, 1.165) is 4.88 Å². The second-order valence-corrected chi connectivity index (χ2v) is 6.29. The third-order valence-electron chi connectivity index (χ3n) is 2.83. The fourth-order valence-electron chi connectivity index (χ4n) is 1.78. The first-order valence-corrected chi connectivity index (χ1v) is 7.53. The summed E-state index contributed by atoms with van der Waals surface area (Å²) in [4.78, 5) is 27.2. The molecule has 6 heteroatoms. The molecule has 0 radical (unpaired) electrons. The average molecular weight is 323 g/mol. The standard InChI is InChI=1S/C15H15ClN2O2S/c1-10-7-8-13(21-10)15(20)18(2)9-14(19)17-12-6-4-3-5-11(12)16/h3-8H,9H2,1-2H3,(H,17,19). The molecule has 0 saturated carbocycles. The number of hydrogen-bond donors (Lipinski definition) is 1. The van der Waals surface area contributed by atoms with Gasteiger partial charge in [-0.3, -0.25) is 9.59 Å². The van der Waals surface area contributed by atoms with Crippen LogP contribution in [0.2, 0.25) is 5.02 Å². The number of thiophene rings is 1. The van der Waals surface area contributed by atoms with E-state index in [1.54, 1.807) is 37.4 Å². The lowest BCUT2D eigenvalue weighted by Crippen LogP contribution is -2.34. The molecule has 0 aliphatic rings. The molecule has 1 N–H and O–H groups in total. The molecule has 0 aliphatic heterocycles. The third kappa shape index (κ3) is 4.06. The zero-order valence-corrected chi connectivity index (χ0v) is 13.3. The zero-order valence-electron chi connectivity index (χ0n) is 11.7. The van der Waals surface area contributed by atoms with Crippen molar-refractivity contribution in [3.8, 4) is 0 Å². The monoisotopic (exact) mass is 322 g/mol. The Hall–Kier alpha value is -1.85. The van der Waals surface area contributed by atoms with Gasteiger partial charge in [-0.2, -0.15) is 0 Å².